The van der Waals surface area contributed by atoms with Gasteiger partial charge in [0.05, 0.1) is 18.6 Å². The Kier molecular flexibility index (Phi) is 10.8. The van der Waals surface area contributed by atoms with Crippen LogP contribution in [0.15, 0.2) is 124 Å². The molecule has 1 aromatic heterocycles. The second kappa shape index (κ2) is 15.3. The highest BCUT2D eigenvalue weighted by molar-refractivity contribution is 9.10. The maximum atomic E-state index is 13.3. The molecule has 0 saturated carbocycles. The molecule has 226 valence electrons. The maximum Gasteiger partial charge on any atom is 0.272 e. The minimum Gasteiger partial charge on any atom is -0.497 e. The van der Waals surface area contributed by atoms with E-state index in [0.29, 0.717) is 16.4 Å². The number of nitrogens with one attached hydrogen (secondary N) is 3. The molecule has 0 fully saturated rings. The van der Waals surface area contributed by atoms with Gasteiger partial charge < -0.3 is 20.7 Å². The lowest BCUT2D eigenvalue weighted by molar-refractivity contribution is -0.114. The van der Waals surface area contributed by atoms with Crippen molar-refractivity contribution in [3.05, 3.63) is 130 Å². The third-order valence-electron chi connectivity index (χ3n) is 6.33. The van der Waals surface area contributed by atoms with E-state index in [2.05, 4.69) is 36.9 Å². The fraction of sp³-hybridized carbons (Fsp3) is 0.0588. The summed E-state index contributed by atoms with van der Waals surface area (Å²) in [5.74, 6) is -0.0897. The van der Waals surface area contributed by atoms with E-state index < -0.39 is 11.8 Å². The summed E-state index contributed by atoms with van der Waals surface area (Å²) >= 11 is 6.13. The molecule has 3 amide bonds. The SMILES string of the molecule is COc1ccc(-c2csc(NC(=O)CSc3ccc(NC(=O)/C(=C/c4ccc(Br)cc4)NC(=O)c4ccccc4)cc3)n2)cc1. The summed E-state index contributed by atoms with van der Waals surface area (Å²) in [5.41, 5.74) is 3.53. The third-order valence-corrected chi connectivity index (χ3v) is 8.63. The number of rotatable bonds is 11. The molecule has 5 aromatic rings. The number of hydrogen-bond acceptors (Lipinski definition) is 7. The summed E-state index contributed by atoms with van der Waals surface area (Å²) in [4.78, 5) is 44.1. The number of hydrogen-bond donors (Lipinski definition) is 3. The van der Waals surface area contributed by atoms with Gasteiger partial charge >= 0.3 is 0 Å². The van der Waals surface area contributed by atoms with Crippen molar-refractivity contribution < 1.29 is 19.1 Å². The molecule has 8 nitrogen and oxygen atoms in total. The van der Waals surface area contributed by atoms with Gasteiger partial charge in [-0.25, -0.2) is 4.98 Å². The number of benzene rings is 4. The van der Waals surface area contributed by atoms with E-state index in [1.807, 2.05) is 72.1 Å². The second-order valence-electron chi connectivity index (χ2n) is 9.51. The van der Waals surface area contributed by atoms with Crippen LogP contribution >= 0.6 is 39.0 Å². The standard InChI is InChI=1S/C34H27BrN4O4S2/c1-43-27-15-9-23(10-16-27)30-20-45-34(38-30)39-31(40)21-44-28-17-13-26(14-18-28)36-33(42)29(19-22-7-11-25(35)12-8-22)37-32(41)24-5-3-2-4-6-24/h2-20H,21H2,1H3,(H,36,42)(H,37,41)(H,38,39,40)/b29-19-. The molecule has 11 heteroatoms. The Labute approximate surface area is 277 Å². The van der Waals surface area contributed by atoms with E-state index >= 15 is 0 Å². The molecule has 0 aliphatic carbocycles. The third kappa shape index (κ3) is 9.15. The fourth-order valence-electron chi connectivity index (χ4n) is 4.03. The summed E-state index contributed by atoms with van der Waals surface area (Å²) in [6, 6.07) is 30.8. The Balaban J connectivity index is 1.17. The van der Waals surface area contributed by atoms with Crippen molar-refractivity contribution in [3.8, 4) is 17.0 Å². The van der Waals surface area contributed by atoms with Crippen LogP contribution in [0.4, 0.5) is 10.8 Å². The fourth-order valence-corrected chi connectivity index (χ4v) is 5.73. The summed E-state index contributed by atoms with van der Waals surface area (Å²) in [6.45, 7) is 0. The molecular weight excluding hydrogens is 672 g/mol. The lowest BCUT2D eigenvalue weighted by Crippen LogP contribution is -2.30. The normalized spacial score (nSPS) is 11.0. The van der Waals surface area contributed by atoms with Crippen LogP contribution < -0.4 is 20.7 Å². The second-order valence-corrected chi connectivity index (χ2v) is 12.3. The zero-order valence-corrected chi connectivity index (χ0v) is 27.2. The average Bonchev–Trinajstić information content (AvgIpc) is 3.53. The predicted octanol–water partition coefficient (Wildman–Crippen LogP) is 7.72. The zero-order valence-electron chi connectivity index (χ0n) is 24.0. The van der Waals surface area contributed by atoms with Crippen molar-refractivity contribution in [2.75, 3.05) is 23.5 Å². The monoisotopic (exact) mass is 698 g/mol. The van der Waals surface area contributed by atoms with Crippen LogP contribution in [0, 0.1) is 0 Å². The molecule has 45 heavy (non-hydrogen) atoms. The number of nitrogens with zero attached hydrogens (tertiary/aromatic N) is 1. The predicted molar refractivity (Wildman–Crippen MR) is 185 cm³/mol. The van der Waals surface area contributed by atoms with Crippen molar-refractivity contribution in [1.82, 2.24) is 10.3 Å². The van der Waals surface area contributed by atoms with Crippen molar-refractivity contribution in [2.45, 2.75) is 4.90 Å². The van der Waals surface area contributed by atoms with Gasteiger partial charge in [-0.15, -0.1) is 23.1 Å². The minimum atomic E-state index is -0.473. The Bertz CT molecular complexity index is 1810. The van der Waals surface area contributed by atoms with Crippen LogP contribution in [0.2, 0.25) is 0 Å². The summed E-state index contributed by atoms with van der Waals surface area (Å²) in [5, 5.41) is 10.8. The smallest absolute Gasteiger partial charge is 0.272 e. The van der Waals surface area contributed by atoms with Gasteiger partial charge in [0.15, 0.2) is 5.13 Å². The highest BCUT2D eigenvalue weighted by Gasteiger charge is 2.15. The number of ether oxygens (including phenoxy) is 1. The van der Waals surface area contributed by atoms with Crippen LogP contribution in [0.5, 0.6) is 5.75 Å². The van der Waals surface area contributed by atoms with Gasteiger partial charge in [0.1, 0.15) is 11.4 Å². The number of thiazole rings is 1. The number of carbonyl (C=O) groups excluding carboxylic acids is 3. The molecular formula is C34H27BrN4O4S2. The van der Waals surface area contributed by atoms with Gasteiger partial charge in [-0.2, -0.15) is 0 Å². The summed E-state index contributed by atoms with van der Waals surface area (Å²) < 4.78 is 6.10. The lowest BCUT2D eigenvalue weighted by Gasteiger charge is -2.12. The molecule has 5 rings (SSSR count). The first-order valence-electron chi connectivity index (χ1n) is 13.6. The Morgan fingerprint density at radius 3 is 2.29 bits per heavy atom. The van der Waals surface area contributed by atoms with Crippen LogP contribution in [-0.4, -0.2) is 35.6 Å². The van der Waals surface area contributed by atoms with Gasteiger partial charge in [0.25, 0.3) is 11.8 Å². The van der Waals surface area contributed by atoms with Crippen LogP contribution in [0.25, 0.3) is 17.3 Å². The van der Waals surface area contributed by atoms with E-state index in [1.165, 1.54) is 23.1 Å². The van der Waals surface area contributed by atoms with E-state index in [-0.39, 0.29) is 17.4 Å². The van der Waals surface area contributed by atoms with Gasteiger partial charge in [0.2, 0.25) is 5.91 Å². The van der Waals surface area contributed by atoms with Crippen molar-refractivity contribution >= 4 is 73.6 Å². The Morgan fingerprint density at radius 1 is 0.889 bits per heavy atom. The number of halogens is 1. The van der Waals surface area contributed by atoms with Gasteiger partial charge in [-0.05, 0) is 84.4 Å². The van der Waals surface area contributed by atoms with E-state index in [1.54, 1.807) is 49.6 Å². The number of carbonyl (C=O) groups is 3. The quantitative estimate of drug-likeness (QED) is 0.0963. The van der Waals surface area contributed by atoms with E-state index in [9.17, 15) is 14.4 Å². The summed E-state index contributed by atoms with van der Waals surface area (Å²) in [7, 11) is 1.62. The molecule has 0 unspecified atom stereocenters. The first kappa shape index (κ1) is 31.7. The van der Waals surface area contributed by atoms with Gasteiger partial charge in [-0.3, -0.25) is 14.4 Å². The molecule has 0 aliphatic rings. The van der Waals surface area contributed by atoms with Gasteiger partial charge in [-0.1, -0.05) is 46.3 Å². The number of anilines is 2. The number of aromatic nitrogens is 1. The Morgan fingerprint density at radius 2 is 1.60 bits per heavy atom. The first-order valence-corrected chi connectivity index (χ1v) is 16.3. The molecule has 3 N–H and O–H groups in total. The molecule has 0 radical (unpaired) electrons. The van der Waals surface area contributed by atoms with Crippen molar-refractivity contribution in [3.63, 3.8) is 0 Å². The van der Waals surface area contributed by atoms with E-state index in [0.717, 1.165) is 31.9 Å². The molecule has 4 aromatic carbocycles. The molecule has 0 aliphatic heterocycles. The summed E-state index contributed by atoms with van der Waals surface area (Å²) in [6.07, 6.45) is 1.62. The molecule has 0 bridgehead atoms. The van der Waals surface area contributed by atoms with Crippen molar-refractivity contribution in [1.29, 1.82) is 0 Å². The van der Waals surface area contributed by atoms with Crippen LogP contribution in [0.1, 0.15) is 15.9 Å². The van der Waals surface area contributed by atoms with Crippen LogP contribution in [0.3, 0.4) is 0 Å². The van der Waals surface area contributed by atoms with E-state index in [4.69, 9.17) is 4.74 Å². The van der Waals surface area contributed by atoms with Gasteiger partial charge in [0, 0.05) is 31.6 Å². The largest absolute Gasteiger partial charge is 0.497 e. The number of thioether (sulfide) groups is 1. The molecule has 0 atom stereocenters. The Hall–Kier alpha value is -4.71. The first-order chi connectivity index (χ1) is 21.9. The lowest BCUT2D eigenvalue weighted by atomic mass is 10.1. The van der Waals surface area contributed by atoms with Crippen molar-refractivity contribution in [2.24, 2.45) is 0 Å². The molecule has 0 spiro atoms. The van der Waals surface area contributed by atoms with Crippen LogP contribution in [-0.2, 0) is 9.59 Å². The molecule has 0 saturated heterocycles. The highest BCUT2D eigenvalue weighted by atomic mass is 79.9. The zero-order chi connectivity index (χ0) is 31.6. The molecule has 1 heterocycles. The number of methoxy groups -OCH3 is 1. The highest BCUT2D eigenvalue weighted by Crippen LogP contribution is 2.27. The average molecular weight is 700 g/mol. The maximum absolute atomic E-state index is 13.3. The minimum absolute atomic E-state index is 0.0960. The topological polar surface area (TPSA) is 109 Å². The number of amides is 3.